The van der Waals surface area contributed by atoms with E-state index in [1.165, 1.54) is 12.1 Å². The third-order valence-electron chi connectivity index (χ3n) is 1.89. The van der Waals surface area contributed by atoms with Crippen LogP contribution in [0.3, 0.4) is 0 Å². The SMILES string of the molecule is CCOC(=O)c1cc(C)cc(F)c1C=O. The number of carbonyl (C=O) groups is 2. The van der Waals surface area contributed by atoms with Gasteiger partial charge in [-0.2, -0.15) is 0 Å². The Kier molecular flexibility index (Phi) is 3.55. The molecule has 1 aromatic carbocycles. The molecular weight excluding hydrogens is 199 g/mol. The van der Waals surface area contributed by atoms with Crippen LogP contribution in [0.1, 0.15) is 33.2 Å². The molecule has 3 nitrogen and oxygen atoms in total. The van der Waals surface area contributed by atoms with E-state index < -0.39 is 11.8 Å². The van der Waals surface area contributed by atoms with Gasteiger partial charge in [-0.15, -0.1) is 0 Å². The molecule has 0 radical (unpaired) electrons. The summed E-state index contributed by atoms with van der Waals surface area (Å²) in [6.07, 6.45) is 0.320. The molecular formula is C11H11FO3. The van der Waals surface area contributed by atoms with Crippen LogP contribution in [0.15, 0.2) is 12.1 Å². The maximum atomic E-state index is 13.3. The average Bonchev–Trinajstić information content (AvgIpc) is 2.17. The molecule has 0 amide bonds. The van der Waals surface area contributed by atoms with Gasteiger partial charge in [-0.1, -0.05) is 0 Å². The van der Waals surface area contributed by atoms with Gasteiger partial charge < -0.3 is 4.74 Å². The predicted molar refractivity (Wildman–Crippen MR) is 52.5 cm³/mol. The maximum absolute atomic E-state index is 13.3. The van der Waals surface area contributed by atoms with Crippen molar-refractivity contribution in [1.82, 2.24) is 0 Å². The van der Waals surface area contributed by atoms with Gasteiger partial charge in [0.05, 0.1) is 17.7 Å². The van der Waals surface area contributed by atoms with Crippen molar-refractivity contribution in [3.8, 4) is 0 Å². The first-order valence-corrected chi connectivity index (χ1v) is 4.52. The van der Waals surface area contributed by atoms with Crippen molar-refractivity contribution in [3.63, 3.8) is 0 Å². The molecule has 0 heterocycles. The van der Waals surface area contributed by atoms with Crippen molar-refractivity contribution in [1.29, 1.82) is 0 Å². The Balaban J connectivity index is 3.26. The number of benzene rings is 1. The summed E-state index contributed by atoms with van der Waals surface area (Å²) in [6.45, 7) is 3.47. The second kappa shape index (κ2) is 4.68. The van der Waals surface area contributed by atoms with Gasteiger partial charge in [0.25, 0.3) is 0 Å². The monoisotopic (exact) mass is 210 g/mol. The third-order valence-corrected chi connectivity index (χ3v) is 1.89. The number of esters is 1. The van der Waals surface area contributed by atoms with Crippen LogP contribution in [0.2, 0.25) is 0 Å². The lowest BCUT2D eigenvalue weighted by Gasteiger charge is -2.06. The van der Waals surface area contributed by atoms with Crippen LogP contribution < -0.4 is 0 Å². The summed E-state index contributed by atoms with van der Waals surface area (Å²) in [5, 5.41) is 0. The zero-order valence-corrected chi connectivity index (χ0v) is 8.54. The number of rotatable bonds is 3. The standard InChI is InChI=1S/C11H11FO3/c1-3-15-11(14)8-4-7(2)5-10(12)9(8)6-13/h4-6H,3H2,1-2H3. The van der Waals surface area contributed by atoms with E-state index in [-0.39, 0.29) is 17.7 Å². The van der Waals surface area contributed by atoms with E-state index in [0.717, 1.165) is 0 Å². The third kappa shape index (κ3) is 2.40. The molecule has 0 bridgehead atoms. The Morgan fingerprint density at radius 3 is 2.73 bits per heavy atom. The summed E-state index contributed by atoms with van der Waals surface area (Å²) in [7, 11) is 0. The minimum Gasteiger partial charge on any atom is -0.462 e. The number of hydrogen-bond donors (Lipinski definition) is 0. The summed E-state index contributed by atoms with van der Waals surface area (Å²) in [5.41, 5.74) is 0.296. The fourth-order valence-electron chi connectivity index (χ4n) is 1.25. The average molecular weight is 210 g/mol. The van der Waals surface area contributed by atoms with Crippen molar-refractivity contribution in [2.75, 3.05) is 6.61 Å². The Bertz CT molecular complexity index is 399. The molecule has 0 saturated carbocycles. The molecule has 4 heteroatoms. The first-order chi connectivity index (χ1) is 7.10. The number of hydrogen-bond acceptors (Lipinski definition) is 3. The Morgan fingerprint density at radius 2 is 2.20 bits per heavy atom. The van der Waals surface area contributed by atoms with E-state index in [1.54, 1.807) is 13.8 Å². The highest BCUT2D eigenvalue weighted by Crippen LogP contribution is 2.15. The molecule has 15 heavy (non-hydrogen) atoms. The fourth-order valence-corrected chi connectivity index (χ4v) is 1.25. The zero-order chi connectivity index (χ0) is 11.4. The van der Waals surface area contributed by atoms with Crippen LogP contribution in [0.4, 0.5) is 4.39 Å². The second-order valence-corrected chi connectivity index (χ2v) is 3.05. The summed E-state index contributed by atoms with van der Waals surface area (Å²) in [6, 6.07) is 2.64. The number of ether oxygens (including phenoxy) is 1. The zero-order valence-electron chi connectivity index (χ0n) is 8.54. The molecule has 0 aliphatic carbocycles. The molecule has 0 saturated heterocycles. The van der Waals surface area contributed by atoms with Crippen LogP contribution in [-0.4, -0.2) is 18.9 Å². The Labute approximate surface area is 86.9 Å². The highest BCUT2D eigenvalue weighted by Gasteiger charge is 2.16. The summed E-state index contributed by atoms with van der Waals surface area (Å²) >= 11 is 0. The largest absolute Gasteiger partial charge is 0.462 e. The van der Waals surface area contributed by atoms with Crippen LogP contribution in [0.5, 0.6) is 0 Å². The van der Waals surface area contributed by atoms with Crippen molar-refractivity contribution in [2.24, 2.45) is 0 Å². The summed E-state index contributed by atoms with van der Waals surface area (Å²) < 4.78 is 18.0. The fraction of sp³-hybridized carbons (Fsp3) is 0.273. The first-order valence-electron chi connectivity index (χ1n) is 4.52. The minimum atomic E-state index is -0.701. The molecule has 0 aliphatic heterocycles. The van der Waals surface area contributed by atoms with E-state index in [0.29, 0.717) is 11.8 Å². The van der Waals surface area contributed by atoms with E-state index in [9.17, 15) is 14.0 Å². The number of carbonyl (C=O) groups excluding carboxylic acids is 2. The quantitative estimate of drug-likeness (QED) is 0.567. The lowest BCUT2D eigenvalue weighted by atomic mass is 10.0. The minimum absolute atomic E-state index is 0.0237. The first kappa shape index (κ1) is 11.4. The van der Waals surface area contributed by atoms with E-state index in [2.05, 4.69) is 0 Å². The number of halogens is 1. The lowest BCUT2D eigenvalue weighted by Crippen LogP contribution is -2.10. The van der Waals surface area contributed by atoms with Gasteiger partial charge in [0.15, 0.2) is 6.29 Å². The van der Waals surface area contributed by atoms with Gasteiger partial charge in [-0.05, 0) is 31.5 Å². The van der Waals surface area contributed by atoms with Crippen molar-refractivity contribution in [2.45, 2.75) is 13.8 Å². The smallest absolute Gasteiger partial charge is 0.338 e. The second-order valence-electron chi connectivity index (χ2n) is 3.05. The summed E-state index contributed by atoms with van der Waals surface area (Å²) in [5.74, 6) is -1.38. The maximum Gasteiger partial charge on any atom is 0.338 e. The molecule has 0 spiro atoms. The van der Waals surface area contributed by atoms with Gasteiger partial charge >= 0.3 is 5.97 Å². The normalized spacial score (nSPS) is 9.80. The van der Waals surface area contributed by atoms with E-state index in [1.807, 2.05) is 0 Å². The van der Waals surface area contributed by atoms with Gasteiger partial charge in [-0.3, -0.25) is 4.79 Å². The number of aldehydes is 1. The molecule has 0 aliphatic rings. The highest BCUT2D eigenvalue weighted by molar-refractivity contribution is 5.98. The highest BCUT2D eigenvalue weighted by atomic mass is 19.1. The van der Waals surface area contributed by atoms with Crippen LogP contribution >= 0.6 is 0 Å². The van der Waals surface area contributed by atoms with Crippen molar-refractivity contribution < 1.29 is 18.7 Å². The predicted octanol–water partition coefficient (Wildman–Crippen LogP) is 2.12. The van der Waals surface area contributed by atoms with Gasteiger partial charge in [0.1, 0.15) is 5.82 Å². The summed E-state index contributed by atoms with van der Waals surface area (Å²) in [4.78, 5) is 22.0. The Morgan fingerprint density at radius 1 is 1.53 bits per heavy atom. The molecule has 1 rings (SSSR count). The topological polar surface area (TPSA) is 43.4 Å². The van der Waals surface area contributed by atoms with E-state index in [4.69, 9.17) is 4.74 Å². The molecule has 0 unspecified atom stereocenters. The van der Waals surface area contributed by atoms with Crippen LogP contribution in [-0.2, 0) is 4.74 Å². The van der Waals surface area contributed by atoms with Crippen molar-refractivity contribution >= 4 is 12.3 Å². The molecule has 0 N–H and O–H groups in total. The van der Waals surface area contributed by atoms with Crippen LogP contribution in [0, 0.1) is 12.7 Å². The molecule has 0 aromatic heterocycles. The van der Waals surface area contributed by atoms with Gasteiger partial charge in [0.2, 0.25) is 0 Å². The van der Waals surface area contributed by atoms with Gasteiger partial charge in [-0.25, -0.2) is 9.18 Å². The van der Waals surface area contributed by atoms with Crippen LogP contribution in [0.25, 0.3) is 0 Å². The molecule has 1 aromatic rings. The molecule has 80 valence electrons. The molecule has 0 fully saturated rings. The van der Waals surface area contributed by atoms with Gasteiger partial charge in [0, 0.05) is 0 Å². The lowest BCUT2D eigenvalue weighted by molar-refractivity contribution is 0.0523. The molecule has 0 atom stereocenters. The Hall–Kier alpha value is -1.71. The van der Waals surface area contributed by atoms with Crippen molar-refractivity contribution in [3.05, 3.63) is 34.6 Å². The van der Waals surface area contributed by atoms with E-state index >= 15 is 0 Å². The number of aryl methyl sites for hydroxylation is 1.